The lowest BCUT2D eigenvalue weighted by atomic mass is 9.97. The maximum Gasteiger partial charge on any atom is 0.198 e. The van der Waals surface area contributed by atoms with Crippen molar-refractivity contribution in [2.24, 2.45) is 0 Å². The van der Waals surface area contributed by atoms with E-state index in [1.165, 1.54) is 0 Å². The lowest BCUT2D eigenvalue weighted by molar-refractivity contribution is 0.192. The van der Waals surface area contributed by atoms with Gasteiger partial charge in [0.05, 0.1) is 18.4 Å². The number of benzene rings is 2. The van der Waals surface area contributed by atoms with Crippen LogP contribution >= 0.6 is 27.3 Å². The molecular weight excluding hydrogens is 462 g/mol. The monoisotopic (exact) mass is 483 g/mol. The van der Waals surface area contributed by atoms with Crippen molar-refractivity contribution in [3.63, 3.8) is 0 Å². The minimum absolute atomic E-state index is 0.394. The highest BCUT2D eigenvalue weighted by molar-refractivity contribution is 9.10. The van der Waals surface area contributed by atoms with Crippen molar-refractivity contribution in [3.05, 3.63) is 63.9 Å². The van der Waals surface area contributed by atoms with Crippen LogP contribution in [0.15, 0.2) is 56.7 Å². The molecule has 1 fully saturated rings. The van der Waals surface area contributed by atoms with E-state index in [4.69, 9.17) is 19.1 Å². The van der Waals surface area contributed by atoms with Crippen LogP contribution in [0.1, 0.15) is 30.3 Å². The highest BCUT2D eigenvalue weighted by Gasteiger charge is 2.25. The molecule has 4 aromatic rings. The summed E-state index contributed by atoms with van der Waals surface area (Å²) >= 11 is 5.21. The van der Waals surface area contributed by atoms with Crippen LogP contribution in [0.25, 0.3) is 21.7 Å². The van der Waals surface area contributed by atoms with Gasteiger partial charge in [0.2, 0.25) is 0 Å². The molecule has 0 aliphatic carbocycles. The summed E-state index contributed by atoms with van der Waals surface area (Å²) in [6, 6.07) is 14.0. The van der Waals surface area contributed by atoms with Gasteiger partial charge in [-0.1, -0.05) is 28.1 Å². The summed E-state index contributed by atoms with van der Waals surface area (Å²) in [5.41, 5.74) is 3.97. The lowest BCUT2D eigenvalue weighted by Crippen LogP contribution is -2.32. The smallest absolute Gasteiger partial charge is 0.198 e. The van der Waals surface area contributed by atoms with Crippen LogP contribution < -0.4 is 4.74 Å². The lowest BCUT2D eigenvalue weighted by Gasteiger charge is -2.29. The number of nitrogens with zero attached hydrogens (tertiary/aromatic N) is 3. The van der Waals surface area contributed by atoms with E-state index in [-0.39, 0.29) is 0 Å². The molecule has 2 aromatic heterocycles. The molecule has 0 bridgehead atoms. The molecule has 0 spiro atoms. The molecule has 5 nitrogen and oxygen atoms in total. The summed E-state index contributed by atoms with van der Waals surface area (Å²) < 4.78 is 12.5. The Morgan fingerprint density at radius 1 is 1.17 bits per heavy atom. The zero-order chi connectivity index (χ0) is 20.5. The average Bonchev–Trinajstić information content (AvgIpc) is 3.41. The summed E-state index contributed by atoms with van der Waals surface area (Å²) in [7, 11) is 1.70. The van der Waals surface area contributed by atoms with Gasteiger partial charge in [0, 0.05) is 22.3 Å². The number of hydrogen-bond acceptors (Lipinski definition) is 6. The normalized spacial score (nSPS) is 15.7. The maximum absolute atomic E-state index is 5.99. The van der Waals surface area contributed by atoms with Gasteiger partial charge in [0.25, 0.3) is 0 Å². The van der Waals surface area contributed by atoms with Crippen molar-refractivity contribution in [2.75, 3.05) is 20.2 Å². The van der Waals surface area contributed by atoms with E-state index in [2.05, 4.69) is 32.3 Å². The first kappa shape index (κ1) is 19.7. The molecule has 5 rings (SSSR count). The van der Waals surface area contributed by atoms with E-state index >= 15 is 0 Å². The van der Waals surface area contributed by atoms with Crippen LogP contribution in [0.5, 0.6) is 5.75 Å². The van der Waals surface area contributed by atoms with E-state index in [0.717, 1.165) is 76.0 Å². The van der Waals surface area contributed by atoms with Crippen LogP contribution in [0.2, 0.25) is 0 Å². The third kappa shape index (κ3) is 4.02. The van der Waals surface area contributed by atoms with Crippen molar-refractivity contribution in [1.82, 2.24) is 14.9 Å². The topological polar surface area (TPSA) is 51.4 Å². The molecular formula is C23H22BrN3O2S. The van der Waals surface area contributed by atoms with Crippen molar-refractivity contribution < 1.29 is 9.15 Å². The van der Waals surface area contributed by atoms with Gasteiger partial charge < -0.3 is 9.15 Å². The Morgan fingerprint density at radius 2 is 2.00 bits per heavy atom. The summed E-state index contributed by atoms with van der Waals surface area (Å²) in [5.74, 6) is 2.12. The molecule has 1 aliphatic rings. The molecule has 30 heavy (non-hydrogen) atoms. The molecule has 1 saturated heterocycles. The Balaban J connectivity index is 1.24. The Morgan fingerprint density at radius 3 is 2.80 bits per heavy atom. The van der Waals surface area contributed by atoms with Crippen LogP contribution in [-0.2, 0) is 6.54 Å². The minimum Gasteiger partial charge on any atom is -0.496 e. The van der Waals surface area contributed by atoms with Gasteiger partial charge in [-0.05, 0) is 56.3 Å². The van der Waals surface area contributed by atoms with Crippen molar-refractivity contribution in [2.45, 2.75) is 25.3 Å². The number of hydrogen-bond donors (Lipinski definition) is 0. The molecule has 1 aliphatic heterocycles. The van der Waals surface area contributed by atoms with E-state index in [1.54, 1.807) is 18.4 Å². The number of piperidine rings is 1. The van der Waals surface area contributed by atoms with Crippen LogP contribution in [0.4, 0.5) is 0 Å². The van der Waals surface area contributed by atoms with E-state index in [9.17, 15) is 0 Å². The third-order valence-corrected chi connectivity index (χ3v) is 6.99. The quantitative estimate of drug-likeness (QED) is 0.343. The molecule has 0 amide bonds. The predicted molar refractivity (Wildman–Crippen MR) is 123 cm³/mol. The highest BCUT2D eigenvalue weighted by atomic mass is 79.9. The first-order valence-electron chi connectivity index (χ1n) is 10.1. The molecule has 3 heterocycles. The highest BCUT2D eigenvalue weighted by Crippen LogP contribution is 2.35. The second-order valence-electron chi connectivity index (χ2n) is 7.56. The molecule has 0 unspecified atom stereocenters. The first-order chi connectivity index (χ1) is 14.7. The number of thiazole rings is 1. The van der Waals surface area contributed by atoms with Crippen LogP contribution in [-0.4, -0.2) is 35.1 Å². The number of oxazole rings is 1. The van der Waals surface area contributed by atoms with E-state index in [0.29, 0.717) is 5.92 Å². The fourth-order valence-corrected chi connectivity index (χ4v) is 5.17. The van der Waals surface area contributed by atoms with Crippen molar-refractivity contribution in [1.29, 1.82) is 0 Å². The molecule has 0 N–H and O–H groups in total. The first-order valence-corrected chi connectivity index (χ1v) is 11.7. The fraction of sp³-hybridized carbons (Fsp3) is 0.304. The minimum atomic E-state index is 0.394. The molecule has 0 saturated carbocycles. The SMILES string of the molecule is COc1ccc(Br)cc1-c1nc(CN2CCC(c3nc4ccccc4o3)CC2)cs1. The zero-order valence-corrected chi connectivity index (χ0v) is 19.1. The second-order valence-corrected chi connectivity index (χ2v) is 9.33. The van der Waals surface area contributed by atoms with E-state index in [1.807, 2.05) is 36.4 Å². The molecule has 0 radical (unpaired) electrons. The zero-order valence-electron chi connectivity index (χ0n) is 16.7. The second kappa shape index (κ2) is 8.49. The molecule has 2 aromatic carbocycles. The number of fused-ring (bicyclic) bond motifs is 1. The number of para-hydroxylation sites is 2. The van der Waals surface area contributed by atoms with Crippen LogP contribution in [0.3, 0.4) is 0 Å². The number of methoxy groups -OCH3 is 1. The van der Waals surface area contributed by atoms with Gasteiger partial charge >= 0.3 is 0 Å². The van der Waals surface area contributed by atoms with Crippen molar-refractivity contribution in [3.8, 4) is 16.3 Å². The van der Waals surface area contributed by atoms with Gasteiger partial charge in [-0.15, -0.1) is 11.3 Å². The number of aromatic nitrogens is 2. The number of ether oxygens (including phenoxy) is 1. The van der Waals surface area contributed by atoms with Gasteiger partial charge in [0.1, 0.15) is 16.3 Å². The van der Waals surface area contributed by atoms with Crippen molar-refractivity contribution >= 4 is 38.4 Å². The molecule has 7 heteroatoms. The third-order valence-electron chi connectivity index (χ3n) is 5.58. The number of halogens is 1. The summed E-state index contributed by atoms with van der Waals surface area (Å²) in [6.07, 6.45) is 2.12. The Kier molecular flexibility index (Phi) is 5.58. The fourth-order valence-electron chi connectivity index (χ4n) is 3.98. The summed E-state index contributed by atoms with van der Waals surface area (Å²) in [4.78, 5) is 12.0. The largest absolute Gasteiger partial charge is 0.496 e. The van der Waals surface area contributed by atoms with Gasteiger partial charge in [0.15, 0.2) is 11.5 Å². The molecule has 0 atom stereocenters. The Labute approximate surface area is 187 Å². The Hall–Kier alpha value is -2.22. The number of rotatable bonds is 5. The standard InChI is InChI=1S/C23H22BrN3O2S/c1-28-20-7-6-16(24)12-18(20)23-25-17(14-30-23)13-27-10-8-15(9-11-27)22-26-19-4-2-3-5-21(19)29-22/h2-7,12,14-15H,8-11,13H2,1H3. The van der Waals surface area contributed by atoms with Gasteiger partial charge in [-0.3, -0.25) is 4.90 Å². The van der Waals surface area contributed by atoms with Gasteiger partial charge in [-0.25, -0.2) is 9.97 Å². The Bertz CT molecular complexity index is 1130. The summed E-state index contributed by atoms with van der Waals surface area (Å²) in [5, 5.41) is 3.15. The van der Waals surface area contributed by atoms with Crippen LogP contribution in [0, 0.1) is 0 Å². The maximum atomic E-state index is 5.99. The molecule has 154 valence electrons. The van der Waals surface area contributed by atoms with E-state index < -0.39 is 0 Å². The number of likely N-dealkylation sites (tertiary alicyclic amines) is 1. The predicted octanol–water partition coefficient (Wildman–Crippen LogP) is 6.10. The summed E-state index contributed by atoms with van der Waals surface area (Å²) in [6.45, 7) is 2.92. The average molecular weight is 484 g/mol. The van der Waals surface area contributed by atoms with Gasteiger partial charge in [-0.2, -0.15) is 0 Å².